The van der Waals surface area contributed by atoms with Crippen LogP contribution in [0, 0.1) is 0 Å². The Bertz CT molecular complexity index is 2560. The highest BCUT2D eigenvalue weighted by molar-refractivity contribution is 6.22. The van der Waals surface area contributed by atoms with Gasteiger partial charge in [0.2, 0.25) is 0 Å². The Morgan fingerprint density at radius 1 is 0.479 bits per heavy atom. The van der Waals surface area contributed by atoms with Gasteiger partial charge in [0.15, 0.2) is 0 Å². The quantitative estimate of drug-likeness (QED) is 0.214. The minimum absolute atomic E-state index is 0.0553. The third-order valence-electron chi connectivity index (χ3n) is 10.1. The average Bonchev–Trinajstić information content (AvgIpc) is 3.50. The first-order valence-corrected chi connectivity index (χ1v) is 16.6. The van der Waals surface area contributed by atoms with Gasteiger partial charge in [-0.1, -0.05) is 152 Å². The van der Waals surface area contributed by atoms with E-state index in [0.29, 0.717) is 0 Å². The molecule has 2 aliphatic rings. The fraction of sp³-hybridized carbons (Fsp3) is 0.0217. The second kappa shape index (κ2) is 10.7. The number of nitrogens with zero attached hydrogens (tertiary/aromatic N) is 1. The number of hydrogen-bond donors (Lipinski definition) is 1. The summed E-state index contributed by atoms with van der Waals surface area (Å²) >= 11 is 0. The lowest BCUT2D eigenvalue weighted by Gasteiger charge is -2.24. The van der Waals surface area contributed by atoms with Gasteiger partial charge < -0.3 is 5.32 Å². The van der Waals surface area contributed by atoms with Crippen LogP contribution in [-0.2, 0) is 0 Å². The van der Waals surface area contributed by atoms with Crippen molar-refractivity contribution in [3.8, 4) is 55.6 Å². The summed E-state index contributed by atoms with van der Waals surface area (Å²) in [5.74, 6) is 0. The van der Waals surface area contributed by atoms with Gasteiger partial charge >= 0.3 is 0 Å². The maximum Gasteiger partial charge on any atom is 0.0939 e. The highest BCUT2D eigenvalue weighted by Gasteiger charge is 2.30. The van der Waals surface area contributed by atoms with E-state index in [1.807, 2.05) is 12.3 Å². The fourth-order valence-electron chi connectivity index (χ4n) is 7.89. The average molecular weight is 611 g/mol. The zero-order valence-electron chi connectivity index (χ0n) is 26.2. The predicted octanol–water partition coefficient (Wildman–Crippen LogP) is 12.2. The zero-order chi connectivity index (χ0) is 31.6. The van der Waals surface area contributed by atoms with E-state index < -0.39 is 0 Å². The van der Waals surface area contributed by atoms with Crippen LogP contribution in [0.3, 0.4) is 0 Å². The third kappa shape index (κ3) is 4.09. The highest BCUT2D eigenvalue weighted by Crippen LogP contribution is 2.57. The molecule has 1 aliphatic heterocycles. The predicted molar refractivity (Wildman–Crippen MR) is 202 cm³/mol. The van der Waals surface area contributed by atoms with E-state index in [1.165, 1.54) is 77.5 Å². The second-order valence-electron chi connectivity index (χ2n) is 12.7. The molecule has 2 heterocycles. The normalized spacial score (nSPS) is 14.1. The van der Waals surface area contributed by atoms with Crippen LogP contribution < -0.4 is 5.32 Å². The van der Waals surface area contributed by atoms with Crippen molar-refractivity contribution in [1.82, 2.24) is 4.98 Å². The van der Waals surface area contributed by atoms with Crippen LogP contribution in [0.1, 0.15) is 17.2 Å². The van der Waals surface area contributed by atoms with Crippen molar-refractivity contribution in [3.05, 3.63) is 175 Å². The molecule has 0 radical (unpaired) electrons. The molecule has 1 atom stereocenters. The zero-order valence-corrected chi connectivity index (χ0v) is 26.2. The van der Waals surface area contributed by atoms with Crippen LogP contribution in [0.4, 0.5) is 5.69 Å². The molecular formula is C46H30N2. The highest BCUT2D eigenvalue weighted by atomic mass is 14.9. The largest absolute Gasteiger partial charge is 0.372 e. The van der Waals surface area contributed by atoms with Crippen molar-refractivity contribution >= 4 is 33.4 Å². The first-order chi connectivity index (χ1) is 23.8. The molecule has 0 amide bonds. The topological polar surface area (TPSA) is 24.9 Å². The fourth-order valence-corrected chi connectivity index (χ4v) is 7.89. The molecule has 1 N–H and O–H groups in total. The lowest BCUT2D eigenvalue weighted by molar-refractivity contribution is 0.981. The summed E-state index contributed by atoms with van der Waals surface area (Å²) in [6, 6.07) is 55.4. The Labute approximate surface area is 279 Å². The number of hydrogen-bond acceptors (Lipinski definition) is 2. The van der Waals surface area contributed by atoms with E-state index in [9.17, 15) is 0 Å². The Hall–Kier alpha value is -6.25. The molecule has 2 nitrogen and oxygen atoms in total. The summed E-state index contributed by atoms with van der Waals surface area (Å²) in [6.07, 6.45) is 6.34. The van der Waals surface area contributed by atoms with Gasteiger partial charge in [0.25, 0.3) is 0 Å². The number of benzene rings is 7. The Balaban J connectivity index is 1.17. The number of aromatic nitrogens is 1. The van der Waals surface area contributed by atoms with Crippen LogP contribution in [0.5, 0.6) is 0 Å². The molecule has 0 spiro atoms. The van der Waals surface area contributed by atoms with Crippen molar-refractivity contribution in [1.29, 1.82) is 0 Å². The summed E-state index contributed by atoms with van der Waals surface area (Å²) in [6.45, 7) is 0. The van der Waals surface area contributed by atoms with Crippen LogP contribution in [0.25, 0.3) is 83.4 Å². The first-order valence-electron chi connectivity index (χ1n) is 16.6. The Kier molecular flexibility index (Phi) is 5.97. The number of fused-ring (bicyclic) bond motifs is 6. The molecule has 1 aliphatic carbocycles. The molecule has 7 aromatic carbocycles. The van der Waals surface area contributed by atoms with E-state index in [2.05, 4.69) is 163 Å². The van der Waals surface area contributed by atoms with E-state index in [-0.39, 0.29) is 6.04 Å². The summed E-state index contributed by atoms with van der Waals surface area (Å²) in [7, 11) is 0. The smallest absolute Gasteiger partial charge is 0.0939 e. The minimum Gasteiger partial charge on any atom is -0.372 e. The molecule has 10 rings (SSSR count). The van der Waals surface area contributed by atoms with Gasteiger partial charge in [-0.2, -0.15) is 0 Å². The molecule has 0 bridgehead atoms. The van der Waals surface area contributed by atoms with Gasteiger partial charge in [0.1, 0.15) is 0 Å². The molecule has 2 heteroatoms. The van der Waals surface area contributed by atoms with E-state index >= 15 is 0 Å². The Morgan fingerprint density at radius 3 is 1.92 bits per heavy atom. The van der Waals surface area contributed by atoms with Crippen molar-refractivity contribution in [3.63, 3.8) is 0 Å². The molecule has 8 aromatic rings. The van der Waals surface area contributed by atoms with E-state index in [0.717, 1.165) is 16.6 Å². The maximum absolute atomic E-state index is 4.71. The van der Waals surface area contributed by atoms with E-state index in [1.54, 1.807) is 0 Å². The molecule has 1 unspecified atom stereocenters. The monoisotopic (exact) mass is 610 g/mol. The number of anilines is 1. The lowest BCUT2D eigenvalue weighted by atomic mass is 9.82. The van der Waals surface area contributed by atoms with Crippen molar-refractivity contribution in [2.24, 2.45) is 0 Å². The van der Waals surface area contributed by atoms with Crippen molar-refractivity contribution in [2.75, 3.05) is 5.32 Å². The summed E-state index contributed by atoms with van der Waals surface area (Å²) in [5.41, 5.74) is 17.2. The van der Waals surface area contributed by atoms with Crippen molar-refractivity contribution < 1.29 is 0 Å². The number of nitrogens with one attached hydrogen (secondary N) is 1. The molecular weight excluding hydrogens is 581 g/mol. The molecule has 48 heavy (non-hydrogen) atoms. The molecule has 1 aromatic heterocycles. The number of pyridine rings is 1. The van der Waals surface area contributed by atoms with Gasteiger partial charge in [-0.3, -0.25) is 4.98 Å². The first kappa shape index (κ1) is 26.9. The standard InChI is InChI=1S/C46H30N2/c1-3-10-29(11-4-1)39-28-38(30-19-21-31(22-20-30)40-26-25-35-24-23-34-16-9-27-47-45(34)46(35)48-40)42(33-12-5-2-6-13-33)44-37-18-8-15-32-14-7-17-36(41(32)37)43(39)44/h1-28,40,48H. The van der Waals surface area contributed by atoms with Gasteiger partial charge in [-0.25, -0.2) is 0 Å². The maximum atomic E-state index is 4.71. The van der Waals surface area contributed by atoms with E-state index in [4.69, 9.17) is 4.98 Å². The number of rotatable bonds is 4. The third-order valence-corrected chi connectivity index (χ3v) is 10.1. The summed E-state index contributed by atoms with van der Waals surface area (Å²) < 4.78 is 0. The minimum atomic E-state index is 0.0553. The van der Waals surface area contributed by atoms with Crippen LogP contribution in [-0.4, -0.2) is 4.98 Å². The second-order valence-corrected chi connectivity index (χ2v) is 12.7. The van der Waals surface area contributed by atoms with Gasteiger partial charge in [-0.15, -0.1) is 0 Å². The molecule has 224 valence electrons. The van der Waals surface area contributed by atoms with Crippen LogP contribution in [0.15, 0.2) is 164 Å². The molecule has 0 saturated heterocycles. The van der Waals surface area contributed by atoms with Gasteiger partial charge in [-0.05, 0) is 89.7 Å². The Morgan fingerprint density at radius 2 is 1.15 bits per heavy atom. The molecule has 0 fully saturated rings. The van der Waals surface area contributed by atoms with Crippen LogP contribution in [0.2, 0.25) is 0 Å². The van der Waals surface area contributed by atoms with Gasteiger partial charge in [0.05, 0.1) is 17.2 Å². The lowest BCUT2D eigenvalue weighted by Crippen LogP contribution is -2.12. The summed E-state index contributed by atoms with van der Waals surface area (Å²) in [4.78, 5) is 4.71. The molecule has 0 saturated carbocycles. The summed E-state index contributed by atoms with van der Waals surface area (Å²) in [5, 5.41) is 7.56. The van der Waals surface area contributed by atoms with Gasteiger partial charge in [0, 0.05) is 11.6 Å². The van der Waals surface area contributed by atoms with Crippen molar-refractivity contribution in [2.45, 2.75) is 6.04 Å². The SMILES string of the molecule is C1=CC(c2ccc(-c3cc(-c4ccccc4)c4c(c3-c3ccccc3)-c3cccc5cccc-4c35)cc2)Nc2c1ccc1cccnc21. The van der Waals surface area contributed by atoms with Crippen LogP contribution >= 0.6 is 0 Å².